The molecule has 0 N–H and O–H groups in total. The smallest absolute Gasteiger partial charge is 0.160 e. The van der Waals surface area contributed by atoms with Crippen LogP contribution in [0.15, 0.2) is 176 Å². The van der Waals surface area contributed by atoms with Gasteiger partial charge in [0.2, 0.25) is 0 Å². The molecule has 0 radical (unpaired) electrons. The van der Waals surface area contributed by atoms with Gasteiger partial charge in [-0.1, -0.05) is 127 Å². The fourth-order valence-corrected chi connectivity index (χ4v) is 8.35. The number of fused-ring (bicyclic) bond motifs is 6. The van der Waals surface area contributed by atoms with Crippen LogP contribution >= 0.6 is 11.3 Å². The van der Waals surface area contributed by atoms with Crippen LogP contribution in [0, 0.1) is 0 Å². The zero-order valence-electron chi connectivity index (χ0n) is 27.0. The van der Waals surface area contributed by atoms with Gasteiger partial charge in [-0.3, -0.25) is 0 Å². The van der Waals surface area contributed by atoms with Gasteiger partial charge in [0, 0.05) is 37.7 Å². The highest BCUT2D eigenvalue weighted by Crippen LogP contribution is 2.41. The number of hydrogen-bond acceptors (Lipinski definition) is 3. The average molecular weight is 656 g/mol. The van der Waals surface area contributed by atoms with E-state index in [-0.39, 0.29) is 0 Å². The van der Waals surface area contributed by atoms with Crippen LogP contribution in [0.4, 0.5) is 0 Å². The van der Waals surface area contributed by atoms with E-state index in [2.05, 4.69) is 156 Å². The molecule has 0 bridgehead atoms. The van der Waals surface area contributed by atoms with Crippen molar-refractivity contribution in [2.75, 3.05) is 0 Å². The number of aromatic nitrogens is 3. The Morgan fingerprint density at radius 3 is 1.74 bits per heavy atom. The zero-order valence-corrected chi connectivity index (χ0v) is 27.8. The lowest BCUT2D eigenvalue weighted by Crippen LogP contribution is -1.93. The molecule has 0 unspecified atom stereocenters. The van der Waals surface area contributed by atoms with Gasteiger partial charge in [0.25, 0.3) is 0 Å². The van der Waals surface area contributed by atoms with Gasteiger partial charge in [0.15, 0.2) is 5.82 Å². The van der Waals surface area contributed by atoms with Crippen molar-refractivity contribution >= 4 is 53.4 Å². The van der Waals surface area contributed by atoms with Crippen molar-refractivity contribution in [3.05, 3.63) is 176 Å². The SMILES string of the molecule is c1ccc(-c2nc(-c3ccccc3)c3sc4ccc(-c5cccc(-c6ccc7c(c6)c6ccccc6n7-c6ccccc6)c5)cc4c3n2)cc1. The number of thiophene rings is 1. The lowest BCUT2D eigenvalue weighted by atomic mass is 9.97. The fraction of sp³-hybridized carbons (Fsp3) is 0. The van der Waals surface area contributed by atoms with Crippen molar-refractivity contribution in [3.8, 4) is 50.6 Å². The average Bonchev–Trinajstić information content (AvgIpc) is 3.73. The van der Waals surface area contributed by atoms with Gasteiger partial charge < -0.3 is 4.57 Å². The second kappa shape index (κ2) is 11.7. The van der Waals surface area contributed by atoms with E-state index < -0.39 is 0 Å². The maximum Gasteiger partial charge on any atom is 0.160 e. The predicted octanol–water partition coefficient (Wildman–Crippen LogP) is 12.6. The van der Waals surface area contributed by atoms with Crippen LogP contribution in [0.1, 0.15) is 0 Å². The third kappa shape index (κ3) is 4.73. The molecule has 0 aliphatic carbocycles. The third-order valence-electron chi connectivity index (χ3n) is 9.61. The molecule has 0 aliphatic rings. The second-order valence-electron chi connectivity index (χ2n) is 12.6. The van der Waals surface area contributed by atoms with Crippen molar-refractivity contribution in [1.29, 1.82) is 0 Å². The molecule has 7 aromatic carbocycles. The van der Waals surface area contributed by atoms with Gasteiger partial charge in [0.1, 0.15) is 0 Å². The van der Waals surface area contributed by atoms with Crippen LogP contribution in [0.5, 0.6) is 0 Å². The first-order valence-corrected chi connectivity index (χ1v) is 17.6. The van der Waals surface area contributed by atoms with E-state index in [1.165, 1.54) is 54.4 Å². The molecule has 234 valence electrons. The summed E-state index contributed by atoms with van der Waals surface area (Å²) in [6, 6.07) is 62.6. The highest BCUT2D eigenvalue weighted by Gasteiger charge is 2.18. The molecule has 4 heteroatoms. The van der Waals surface area contributed by atoms with Crippen molar-refractivity contribution in [2.24, 2.45) is 0 Å². The Hall–Kier alpha value is -6.36. The molecule has 3 nitrogen and oxygen atoms in total. The van der Waals surface area contributed by atoms with E-state index in [1.807, 2.05) is 24.3 Å². The molecular formula is C46H29N3S. The molecule has 0 saturated carbocycles. The Morgan fingerprint density at radius 2 is 0.980 bits per heavy atom. The molecule has 0 amide bonds. The Bertz CT molecular complexity index is 2850. The van der Waals surface area contributed by atoms with Crippen molar-refractivity contribution in [2.45, 2.75) is 0 Å². The minimum Gasteiger partial charge on any atom is -0.309 e. The van der Waals surface area contributed by atoms with Crippen LogP contribution in [0.3, 0.4) is 0 Å². The Kier molecular flexibility index (Phi) is 6.68. The summed E-state index contributed by atoms with van der Waals surface area (Å²) in [4.78, 5) is 10.3. The topological polar surface area (TPSA) is 30.7 Å². The van der Waals surface area contributed by atoms with Gasteiger partial charge in [-0.05, 0) is 70.8 Å². The largest absolute Gasteiger partial charge is 0.309 e. The fourth-order valence-electron chi connectivity index (χ4n) is 7.22. The molecule has 0 aliphatic heterocycles. The summed E-state index contributed by atoms with van der Waals surface area (Å²) in [6.45, 7) is 0. The second-order valence-corrected chi connectivity index (χ2v) is 13.7. The minimum atomic E-state index is 0.744. The number of rotatable bonds is 5. The quantitative estimate of drug-likeness (QED) is 0.185. The zero-order chi connectivity index (χ0) is 33.0. The molecular weight excluding hydrogens is 627 g/mol. The molecule has 0 spiro atoms. The van der Waals surface area contributed by atoms with Crippen LogP contribution in [0.25, 0.3) is 92.7 Å². The van der Waals surface area contributed by atoms with Gasteiger partial charge >= 0.3 is 0 Å². The Balaban J connectivity index is 1.11. The van der Waals surface area contributed by atoms with E-state index in [4.69, 9.17) is 9.97 Å². The van der Waals surface area contributed by atoms with E-state index in [0.717, 1.165) is 38.2 Å². The first-order valence-electron chi connectivity index (χ1n) is 16.8. The Labute approximate surface area is 293 Å². The molecule has 3 heterocycles. The Morgan fingerprint density at radius 1 is 0.400 bits per heavy atom. The molecule has 50 heavy (non-hydrogen) atoms. The number of benzene rings is 7. The lowest BCUT2D eigenvalue weighted by Gasteiger charge is -2.09. The predicted molar refractivity (Wildman–Crippen MR) is 211 cm³/mol. The maximum atomic E-state index is 5.19. The molecule has 0 atom stereocenters. The van der Waals surface area contributed by atoms with Gasteiger partial charge in [-0.2, -0.15) is 0 Å². The molecule has 0 fully saturated rings. The van der Waals surface area contributed by atoms with Crippen LogP contribution < -0.4 is 0 Å². The number of nitrogens with zero attached hydrogens (tertiary/aromatic N) is 3. The number of para-hydroxylation sites is 2. The monoisotopic (exact) mass is 655 g/mol. The number of hydrogen-bond donors (Lipinski definition) is 0. The summed E-state index contributed by atoms with van der Waals surface area (Å²) in [7, 11) is 0. The van der Waals surface area contributed by atoms with Crippen LogP contribution in [0.2, 0.25) is 0 Å². The van der Waals surface area contributed by atoms with Crippen LogP contribution in [-0.2, 0) is 0 Å². The molecule has 0 saturated heterocycles. The van der Waals surface area contributed by atoms with Crippen LogP contribution in [-0.4, -0.2) is 14.5 Å². The summed E-state index contributed by atoms with van der Waals surface area (Å²) in [6.07, 6.45) is 0. The van der Waals surface area contributed by atoms with E-state index in [9.17, 15) is 0 Å². The third-order valence-corrected chi connectivity index (χ3v) is 10.8. The first-order chi connectivity index (χ1) is 24.8. The summed E-state index contributed by atoms with van der Waals surface area (Å²) < 4.78 is 4.68. The lowest BCUT2D eigenvalue weighted by molar-refractivity contribution is 1.18. The standard InChI is InChI=1S/C46H29N3S/c1-4-13-30(14-5-1)43-45-44(48-46(47-43)31-15-6-2-7-16-31)39-29-35(24-26-42(39)50-45)33-18-12-17-32(27-33)34-23-25-41-38(28-34)37-21-10-11-22-40(37)49(41)36-19-8-3-9-20-36/h1-29H. The van der Waals surface area contributed by atoms with E-state index in [1.54, 1.807) is 11.3 Å². The first kappa shape index (κ1) is 28.6. The van der Waals surface area contributed by atoms with Crippen molar-refractivity contribution in [1.82, 2.24) is 14.5 Å². The van der Waals surface area contributed by atoms with Crippen molar-refractivity contribution < 1.29 is 0 Å². The van der Waals surface area contributed by atoms with Crippen molar-refractivity contribution in [3.63, 3.8) is 0 Å². The normalized spacial score (nSPS) is 11.6. The van der Waals surface area contributed by atoms with Gasteiger partial charge in [0.05, 0.1) is 26.9 Å². The highest BCUT2D eigenvalue weighted by molar-refractivity contribution is 7.26. The highest BCUT2D eigenvalue weighted by atomic mass is 32.1. The molecule has 10 aromatic rings. The summed E-state index contributed by atoms with van der Waals surface area (Å²) >= 11 is 1.77. The molecule has 10 rings (SSSR count). The van der Waals surface area contributed by atoms with Gasteiger partial charge in [-0.15, -0.1) is 11.3 Å². The van der Waals surface area contributed by atoms with E-state index in [0.29, 0.717) is 0 Å². The summed E-state index contributed by atoms with van der Waals surface area (Å²) in [5.41, 5.74) is 12.4. The summed E-state index contributed by atoms with van der Waals surface area (Å²) in [5, 5.41) is 3.66. The van der Waals surface area contributed by atoms with Gasteiger partial charge in [-0.25, -0.2) is 9.97 Å². The maximum absolute atomic E-state index is 5.19. The molecule has 3 aromatic heterocycles. The summed E-state index contributed by atoms with van der Waals surface area (Å²) in [5.74, 6) is 0.744. The van der Waals surface area contributed by atoms with E-state index >= 15 is 0 Å². The minimum absolute atomic E-state index is 0.744.